The molecular weight excluding hydrogens is 334 g/mol. The zero-order valence-electron chi connectivity index (χ0n) is 15.1. The smallest absolute Gasteiger partial charge is 0.226 e. The summed E-state index contributed by atoms with van der Waals surface area (Å²) in [6.07, 6.45) is 4.26. The highest BCUT2D eigenvalue weighted by molar-refractivity contribution is 5.76. The Morgan fingerprint density at radius 3 is 2.96 bits per heavy atom. The van der Waals surface area contributed by atoms with Gasteiger partial charge in [-0.2, -0.15) is 4.98 Å². The van der Waals surface area contributed by atoms with Crippen LogP contribution in [0.2, 0.25) is 0 Å². The highest BCUT2D eigenvalue weighted by Crippen LogP contribution is 2.18. The summed E-state index contributed by atoms with van der Waals surface area (Å²) in [7, 11) is 0. The summed E-state index contributed by atoms with van der Waals surface area (Å²) in [5, 5.41) is 6.83. The second-order valence-electron chi connectivity index (χ2n) is 6.17. The molecule has 0 saturated carbocycles. The number of amides is 1. The molecule has 1 saturated heterocycles. The predicted octanol–water partition coefficient (Wildman–Crippen LogP) is 1.50. The first-order valence-electron chi connectivity index (χ1n) is 9.11. The van der Waals surface area contributed by atoms with Crippen LogP contribution in [0.1, 0.15) is 37.0 Å². The number of carbonyl (C=O) groups is 1. The van der Waals surface area contributed by atoms with Gasteiger partial charge in [-0.05, 0) is 12.5 Å². The van der Waals surface area contributed by atoms with Crippen LogP contribution in [0.3, 0.4) is 0 Å². The van der Waals surface area contributed by atoms with Gasteiger partial charge < -0.3 is 19.5 Å². The van der Waals surface area contributed by atoms with Crippen molar-refractivity contribution in [2.45, 2.75) is 39.2 Å². The van der Waals surface area contributed by atoms with Gasteiger partial charge in [-0.25, -0.2) is 4.98 Å². The van der Waals surface area contributed by atoms with Gasteiger partial charge in [-0.3, -0.25) is 4.79 Å². The Morgan fingerprint density at radius 1 is 1.35 bits per heavy atom. The van der Waals surface area contributed by atoms with Gasteiger partial charge in [0.15, 0.2) is 5.82 Å². The van der Waals surface area contributed by atoms with Gasteiger partial charge in [-0.1, -0.05) is 18.1 Å². The van der Waals surface area contributed by atoms with E-state index in [0.717, 1.165) is 30.9 Å². The van der Waals surface area contributed by atoms with Crippen molar-refractivity contribution in [1.29, 1.82) is 0 Å². The number of aryl methyl sites for hydroxylation is 2. The van der Waals surface area contributed by atoms with Crippen LogP contribution in [0.5, 0.6) is 0 Å². The summed E-state index contributed by atoms with van der Waals surface area (Å²) in [5.41, 5.74) is 1.02. The van der Waals surface area contributed by atoms with Gasteiger partial charge in [0.1, 0.15) is 5.82 Å². The fourth-order valence-corrected chi connectivity index (χ4v) is 2.85. The molecular formula is C18H25N5O3. The second kappa shape index (κ2) is 9.28. The third kappa shape index (κ3) is 5.01. The molecule has 0 bridgehead atoms. The van der Waals surface area contributed by atoms with E-state index in [-0.39, 0.29) is 5.91 Å². The van der Waals surface area contributed by atoms with E-state index in [4.69, 9.17) is 9.26 Å². The van der Waals surface area contributed by atoms with Crippen molar-refractivity contribution in [2.75, 3.05) is 31.2 Å². The molecule has 1 amide bonds. The van der Waals surface area contributed by atoms with Crippen molar-refractivity contribution in [3.05, 3.63) is 35.6 Å². The number of carbonyl (C=O) groups excluding carboxylic acids is 1. The lowest BCUT2D eigenvalue weighted by atomic mass is 10.2. The van der Waals surface area contributed by atoms with Gasteiger partial charge in [0.25, 0.3) is 0 Å². The normalized spacial score (nSPS) is 14.4. The molecule has 1 aliphatic heterocycles. The van der Waals surface area contributed by atoms with Gasteiger partial charge >= 0.3 is 0 Å². The van der Waals surface area contributed by atoms with Crippen LogP contribution in [0.25, 0.3) is 0 Å². The molecule has 1 aliphatic rings. The summed E-state index contributed by atoms with van der Waals surface area (Å²) in [6.45, 7) is 5.50. The zero-order chi connectivity index (χ0) is 18.2. The summed E-state index contributed by atoms with van der Waals surface area (Å²) >= 11 is 0. The summed E-state index contributed by atoms with van der Waals surface area (Å²) < 4.78 is 10.5. The first-order valence-corrected chi connectivity index (χ1v) is 9.11. The number of hydrogen-bond acceptors (Lipinski definition) is 7. The molecule has 3 rings (SSSR count). The summed E-state index contributed by atoms with van der Waals surface area (Å²) in [6, 6.07) is 3.90. The van der Waals surface area contributed by atoms with E-state index in [1.54, 1.807) is 6.20 Å². The molecule has 8 heteroatoms. The molecule has 0 radical (unpaired) electrons. The van der Waals surface area contributed by atoms with Crippen LogP contribution >= 0.6 is 0 Å². The van der Waals surface area contributed by atoms with Crippen LogP contribution in [0.4, 0.5) is 5.82 Å². The SMILES string of the molecule is CCc1noc(CCCC(=O)NCc2cccnc2N2CCOCC2)n1. The Hall–Kier alpha value is -2.48. The number of ether oxygens (including phenoxy) is 1. The first kappa shape index (κ1) is 18.3. The van der Waals surface area contributed by atoms with E-state index in [2.05, 4.69) is 25.3 Å². The minimum absolute atomic E-state index is 0.0111. The zero-order valence-corrected chi connectivity index (χ0v) is 15.1. The fraction of sp³-hybridized carbons (Fsp3) is 0.556. The fourth-order valence-electron chi connectivity index (χ4n) is 2.85. The third-order valence-electron chi connectivity index (χ3n) is 4.27. The number of morpholine rings is 1. The maximum Gasteiger partial charge on any atom is 0.226 e. The van der Waals surface area contributed by atoms with Crippen molar-refractivity contribution in [3.8, 4) is 0 Å². The van der Waals surface area contributed by atoms with E-state index < -0.39 is 0 Å². The molecule has 1 N–H and O–H groups in total. The Morgan fingerprint density at radius 2 is 2.19 bits per heavy atom. The van der Waals surface area contributed by atoms with E-state index in [0.29, 0.717) is 50.7 Å². The molecule has 0 atom stereocenters. The van der Waals surface area contributed by atoms with Crippen LogP contribution in [-0.4, -0.2) is 47.3 Å². The molecule has 1 fully saturated rings. The molecule has 140 valence electrons. The largest absolute Gasteiger partial charge is 0.378 e. The van der Waals surface area contributed by atoms with Crippen LogP contribution < -0.4 is 10.2 Å². The van der Waals surface area contributed by atoms with E-state index >= 15 is 0 Å². The van der Waals surface area contributed by atoms with Gasteiger partial charge in [0, 0.05) is 50.7 Å². The molecule has 0 aromatic carbocycles. The average molecular weight is 359 g/mol. The first-order chi connectivity index (χ1) is 12.8. The van der Waals surface area contributed by atoms with Crippen molar-refractivity contribution < 1.29 is 14.1 Å². The Balaban J connectivity index is 1.45. The number of nitrogens with one attached hydrogen (secondary N) is 1. The predicted molar refractivity (Wildman–Crippen MR) is 95.7 cm³/mol. The molecule has 8 nitrogen and oxygen atoms in total. The average Bonchev–Trinajstić information content (AvgIpc) is 3.15. The number of pyridine rings is 1. The number of nitrogens with zero attached hydrogens (tertiary/aromatic N) is 4. The monoisotopic (exact) mass is 359 g/mol. The standard InChI is InChI=1S/C18H25N5O3/c1-2-15-21-17(26-22-15)7-3-6-16(24)20-13-14-5-4-8-19-18(14)23-9-11-25-12-10-23/h4-5,8H,2-3,6-7,9-13H2,1H3,(H,20,24). The molecule has 26 heavy (non-hydrogen) atoms. The summed E-state index contributed by atoms with van der Waals surface area (Å²) in [4.78, 5) is 23.1. The van der Waals surface area contributed by atoms with Crippen molar-refractivity contribution in [1.82, 2.24) is 20.4 Å². The quantitative estimate of drug-likeness (QED) is 0.763. The Bertz CT molecular complexity index is 712. The number of aromatic nitrogens is 3. The molecule has 2 aromatic rings. The topological polar surface area (TPSA) is 93.4 Å². The van der Waals surface area contributed by atoms with Crippen molar-refractivity contribution >= 4 is 11.7 Å². The number of rotatable bonds is 8. The Kier molecular flexibility index (Phi) is 6.54. The maximum absolute atomic E-state index is 12.1. The highest BCUT2D eigenvalue weighted by atomic mass is 16.5. The van der Waals surface area contributed by atoms with E-state index in [9.17, 15) is 4.79 Å². The number of hydrogen-bond donors (Lipinski definition) is 1. The lowest BCUT2D eigenvalue weighted by molar-refractivity contribution is -0.121. The molecule has 0 unspecified atom stereocenters. The molecule has 2 aromatic heterocycles. The van der Waals surface area contributed by atoms with Crippen molar-refractivity contribution in [3.63, 3.8) is 0 Å². The van der Waals surface area contributed by atoms with Gasteiger partial charge in [-0.15, -0.1) is 0 Å². The van der Waals surface area contributed by atoms with Crippen LogP contribution in [0.15, 0.2) is 22.9 Å². The summed E-state index contributed by atoms with van der Waals surface area (Å²) in [5.74, 6) is 2.24. The minimum Gasteiger partial charge on any atom is -0.378 e. The highest BCUT2D eigenvalue weighted by Gasteiger charge is 2.16. The van der Waals surface area contributed by atoms with Crippen LogP contribution in [-0.2, 0) is 28.9 Å². The third-order valence-corrected chi connectivity index (χ3v) is 4.27. The molecule has 0 aliphatic carbocycles. The molecule has 0 spiro atoms. The van der Waals surface area contributed by atoms with Gasteiger partial charge in [0.2, 0.25) is 11.8 Å². The minimum atomic E-state index is 0.0111. The maximum atomic E-state index is 12.1. The van der Waals surface area contributed by atoms with E-state index in [1.807, 2.05) is 19.1 Å². The number of anilines is 1. The van der Waals surface area contributed by atoms with Crippen molar-refractivity contribution in [2.24, 2.45) is 0 Å². The lowest BCUT2D eigenvalue weighted by Crippen LogP contribution is -2.37. The van der Waals surface area contributed by atoms with E-state index in [1.165, 1.54) is 0 Å². The Labute approximate surface area is 152 Å². The lowest BCUT2D eigenvalue weighted by Gasteiger charge is -2.29. The van der Waals surface area contributed by atoms with Gasteiger partial charge in [0.05, 0.1) is 13.2 Å². The van der Waals surface area contributed by atoms with Crippen LogP contribution in [0, 0.1) is 0 Å². The second-order valence-corrected chi connectivity index (χ2v) is 6.17. The molecule has 3 heterocycles.